The van der Waals surface area contributed by atoms with Gasteiger partial charge in [0.1, 0.15) is 0 Å². The highest BCUT2D eigenvalue weighted by Crippen LogP contribution is 2.32. The summed E-state index contributed by atoms with van der Waals surface area (Å²) >= 11 is 0. The Hall–Kier alpha value is -2.81. The van der Waals surface area contributed by atoms with Crippen LogP contribution in [0.25, 0.3) is 0 Å². The molecule has 2 aromatic rings. The number of carbonyl (C=O) groups is 1. The van der Waals surface area contributed by atoms with Crippen LogP contribution in [0, 0.1) is 5.92 Å². The van der Waals surface area contributed by atoms with Gasteiger partial charge in [0.25, 0.3) is 11.5 Å². The summed E-state index contributed by atoms with van der Waals surface area (Å²) in [6.45, 7) is 3.36. The summed E-state index contributed by atoms with van der Waals surface area (Å²) in [6.07, 6.45) is -1.36. The van der Waals surface area contributed by atoms with E-state index in [4.69, 9.17) is 10.5 Å². The van der Waals surface area contributed by atoms with Gasteiger partial charge in [-0.05, 0) is 55.5 Å². The molecule has 9 heteroatoms. The number of aromatic nitrogens is 1. The van der Waals surface area contributed by atoms with Crippen LogP contribution in [0.3, 0.4) is 0 Å². The molecule has 1 fully saturated rings. The Balaban J connectivity index is 1.75. The number of nitrogen functional groups attached to an aromatic ring is 1. The van der Waals surface area contributed by atoms with Gasteiger partial charge in [0.2, 0.25) is 0 Å². The maximum Gasteiger partial charge on any atom is 0.416 e. The van der Waals surface area contributed by atoms with E-state index in [0.29, 0.717) is 25.7 Å². The van der Waals surface area contributed by atoms with Crippen molar-refractivity contribution in [3.8, 4) is 0 Å². The number of nitrogens with one attached hydrogen (secondary N) is 1. The number of benzene rings is 1. The number of nitrogens with two attached hydrogens (primary N) is 1. The van der Waals surface area contributed by atoms with Crippen molar-refractivity contribution in [2.24, 2.45) is 5.92 Å². The van der Waals surface area contributed by atoms with Gasteiger partial charge in [-0.1, -0.05) is 0 Å². The van der Waals surface area contributed by atoms with Crippen molar-refractivity contribution in [1.82, 2.24) is 9.88 Å². The predicted octanol–water partition coefficient (Wildman–Crippen LogP) is 3.37. The van der Waals surface area contributed by atoms with Crippen LogP contribution >= 0.6 is 0 Å². The van der Waals surface area contributed by atoms with Crippen molar-refractivity contribution in [2.75, 3.05) is 18.9 Å². The van der Waals surface area contributed by atoms with Crippen LogP contribution in [-0.2, 0) is 17.5 Å². The monoisotopic (exact) mass is 423 g/mol. The molecule has 0 bridgehead atoms. The number of nitrogens with zero attached hydrogens (tertiary/aromatic N) is 1. The van der Waals surface area contributed by atoms with E-state index in [1.165, 1.54) is 29.0 Å². The Bertz CT molecular complexity index is 966. The molecule has 1 aliphatic rings. The maximum absolute atomic E-state index is 13.0. The average Bonchev–Trinajstić information content (AvgIpc) is 2.69. The van der Waals surface area contributed by atoms with Gasteiger partial charge in [0.05, 0.1) is 17.2 Å². The zero-order chi connectivity index (χ0) is 21.9. The quantitative estimate of drug-likeness (QED) is 0.722. The van der Waals surface area contributed by atoms with E-state index in [-0.39, 0.29) is 22.4 Å². The van der Waals surface area contributed by atoms with Gasteiger partial charge in [-0.25, -0.2) is 0 Å². The Morgan fingerprint density at radius 1 is 1.27 bits per heavy atom. The molecular weight excluding hydrogens is 399 g/mol. The van der Waals surface area contributed by atoms with Gasteiger partial charge in [-0.15, -0.1) is 0 Å². The molecule has 3 N–H and O–H groups in total. The number of pyridine rings is 1. The van der Waals surface area contributed by atoms with Crippen LogP contribution in [-0.4, -0.2) is 23.7 Å². The minimum atomic E-state index is -4.53. The Morgan fingerprint density at radius 2 is 1.97 bits per heavy atom. The number of amides is 1. The fraction of sp³-hybridized carbons (Fsp3) is 0.429. The first-order valence-electron chi connectivity index (χ1n) is 9.70. The lowest BCUT2D eigenvalue weighted by Gasteiger charge is -2.23. The lowest BCUT2D eigenvalue weighted by atomic mass is 10.0. The summed E-state index contributed by atoms with van der Waals surface area (Å²) < 4.78 is 45.9. The van der Waals surface area contributed by atoms with E-state index in [9.17, 15) is 22.8 Å². The molecule has 1 saturated heterocycles. The third-order valence-corrected chi connectivity index (χ3v) is 5.19. The first-order valence-corrected chi connectivity index (χ1v) is 9.70. The summed E-state index contributed by atoms with van der Waals surface area (Å²) in [4.78, 5) is 24.8. The molecule has 6 nitrogen and oxygen atoms in total. The van der Waals surface area contributed by atoms with Crippen LogP contribution in [0.4, 0.5) is 18.9 Å². The lowest BCUT2D eigenvalue weighted by molar-refractivity contribution is -0.137. The van der Waals surface area contributed by atoms with Crippen LogP contribution in [0.1, 0.15) is 47.3 Å². The molecule has 1 aromatic carbocycles. The molecule has 2 heterocycles. The van der Waals surface area contributed by atoms with Gasteiger partial charge >= 0.3 is 6.18 Å². The lowest BCUT2D eigenvalue weighted by Crippen LogP contribution is -2.30. The molecule has 0 aliphatic carbocycles. The van der Waals surface area contributed by atoms with E-state index in [2.05, 4.69) is 5.32 Å². The normalized spacial score (nSPS) is 16.3. The number of ether oxygens (including phenoxy) is 1. The van der Waals surface area contributed by atoms with E-state index >= 15 is 0 Å². The Morgan fingerprint density at radius 3 is 2.63 bits per heavy atom. The zero-order valence-electron chi connectivity index (χ0n) is 16.5. The second kappa shape index (κ2) is 8.91. The van der Waals surface area contributed by atoms with E-state index in [1.54, 1.807) is 6.92 Å². The largest absolute Gasteiger partial charge is 0.416 e. The minimum Gasteiger partial charge on any atom is -0.399 e. The van der Waals surface area contributed by atoms with E-state index < -0.39 is 23.7 Å². The second-order valence-electron chi connectivity index (χ2n) is 7.55. The van der Waals surface area contributed by atoms with Crippen molar-refractivity contribution in [2.45, 2.75) is 38.5 Å². The molecule has 30 heavy (non-hydrogen) atoms. The molecule has 1 aromatic heterocycles. The van der Waals surface area contributed by atoms with Gasteiger partial charge in [-0.3, -0.25) is 9.59 Å². The molecule has 162 valence electrons. The number of carbonyl (C=O) groups excluding carboxylic acids is 1. The third kappa shape index (κ3) is 5.41. The summed E-state index contributed by atoms with van der Waals surface area (Å²) in [5, 5.41) is 2.67. The highest BCUT2D eigenvalue weighted by molar-refractivity contribution is 5.94. The maximum atomic E-state index is 13.0. The van der Waals surface area contributed by atoms with Gasteiger partial charge in [0, 0.05) is 37.7 Å². The molecular formula is C21H24F3N3O3. The van der Waals surface area contributed by atoms with Crippen molar-refractivity contribution in [3.05, 3.63) is 63.6 Å². The van der Waals surface area contributed by atoms with Gasteiger partial charge < -0.3 is 20.4 Å². The first kappa shape index (κ1) is 21.9. The standard InChI is InChI=1S/C21H24F3N3O3/c1-13(16-8-17(21(22,23)24)10-18(25)9-16)26-20(29)15-2-3-19(28)27(12-15)11-14-4-6-30-7-5-14/h2-3,8-10,12-14H,4-7,11,25H2,1H3,(H,26,29)/t13-/m1/s1. The van der Waals surface area contributed by atoms with Crippen LogP contribution in [0.5, 0.6) is 0 Å². The van der Waals surface area contributed by atoms with Crippen LogP contribution in [0.15, 0.2) is 41.3 Å². The molecule has 3 rings (SSSR count). The number of hydrogen-bond donors (Lipinski definition) is 2. The van der Waals surface area contributed by atoms with Crippen LogP contribution in [0.2, 0.25) is 0 Å². The number of alkyl halides is 3. The Labute approximate surface area is 171 Å². The first-order chi connectivity index (χ1) is 14.1. The Kier molecular flexibility index (Phi) is 6.50. The minimum absolute atomic E-state index is 0.0362. The summed E-state index contributed by atoms with van der Waals surface area (Å²) in [5.74, 6) is -0.194. The van der Waals surface area contributed by atoms with Crippen LogP contribution < -0.4 is 16.6 Å². The summed E-state index contributed by atoms with van der Waals surface area (Å²) in [7, 11) is 0. The second-order valence-corrected chi connectivity index (χ2v) is 7.55. The highest BCUT2D eigenvalue weighted by atomic mass is 19.4. The molecule has 1 atom stereocenters. The number of halogens is 3. The molecule has 0 spiro atoms. The van der Waals surface area contributed by atoms with Gasteiger partial charge in [0.15, 0.2) is 0 Å². The van der Waals surface area contributed by atoms with Crippen molar-refractivity contribution in [3.63, 3.8) is 0 Å². The zero-order valence-corrected chi connectivity index (χ0v) is 16.5. The summed E-state index contributed by atoms with van der Waals surface area (Å²) in [5.41, 5.74) is 4.98. The molecule has 1 aliphatic heterocycles. The SMILES string of the molecule is C[C@@H](NC(=O)c1ccc(=O)n(CC2CCOCC2)c1)c1cc(N)cc(C(F)(F)F)c1. The molecule has 1 amide bonds. The third-order valence-electron chi connectivity index (χ3n) is 5.19. The smallest absolute Gasteiger partial charge is 0.399 e. The van der Waals surface area contributed by atoms with Crippen molar-refractivity contribution < 1.29 is 22.7 Å². The molecule has 0 saturated carbocycles. The van der Waals surface area contributed by atoms with E-state index in [0.717, 1.165) is 25.0 Å². The summed E-state index contributed by atoms with van der Waals surface area (Å²) in [6, 6.07) is 5.23. The fourth-order valence-electron chi connectivity index (χ4n) is 3.47. The molecule has 0 unspecified atom stereocenters. The van der Waals surface area contributed by atoms with Crippen molar-refractivity contribution in [1.29, 1.82) is 0 Å². The fourth-order valence-corrected chi connectivity index (χ4v) is 3.47. The highest BCUT2D eigenvalue weighted by Gasteiger charge is 2.31. The number of hydrogen-bond acceptors (Lipinski definition) is 4. The number of anilines is 1. The number of rotatable bonds is 5. The topological polar surface area (TPSA) is 86.3 Å². The predicted molar refractivity (Wildman–Crippen MR) is 106 cm³/mol. The average molecular weight is 423 g/mol. The van der Waals surface area contributed by atoms with E-state index in [1.807, 2.05) is 0 Å². The van der Waals surface area contributed by atoms with Crippen molar-refractivity contribution >= 4 is 11.6 Å². The molecule has 0 radical (unpaired) electrons. The van der Waals surface area contributed by atoms with Gasteiger partial charge in [-0.2, -0.15) is 13.2 Å².